The maximum Gasteiger partial charge on any atom is 0.160 e. The van der Waals surface area contributed by atoms with E-state index in [1.54, 1.807) is 22.7 Å². The molecule has 5 heterocycles. The Morgan fingerprint density at radius 2 is 0.892 bits per heavy atom. The monoisotopic (exact) mass is 546 g/mol. The molecule has 0 amide bonds. The molecule has 0 saturated heterocycles. The summed E-state index contributed by atoms with van der Waals surface area (Å²) in [5.41, 5.74) is 4.80. The molecule has 5 aromatic heterocycles. The standard InChI is InChI=1S/C30H30N2O2S3/c1-3-5-17-31-23(27-13-7-21(19-33)35-27)9-11-25(31)29-15-16-30(37-29)26-12-10-24(32(26)18-6-4-2)28-14-8-22(20-34)36-28/h7-16,19-20H,3-6,17-18H2,1-2H3. The van der Waals surface area contributed by atoms with Crippen molar-refractivity contribution in [2.24, 2.45) is 0 Å². The van der Waals surface area contributed by atoms with E-state index in [1.807, 2.05) is 23.5 Å². The Labute approximate surface area is 229 Å². The molecule has 0 aromatic carbocycles. The van der Waals surface area contributed by atoms with E-state index in [0.29, 0.717) is 0 Å². The van der Waals surface area contributed by atoms with Crippen LogP contribution in [0.4, 0.5) is 0 Å². The van der Waals surface area contributed by atoms with Gasteiger partial charge in [-0.2, -0.15) is 0 Å². The van der Waals surface area contributed by atoms with E-state index in [9.17, 15) is 9.59 Å². The first kappa shape index (κ1) is 25.6. The van der Waals surface area contributed by atoms with Gasteiger partial charge in [0.05, 0.1) is 52.0 Å². The van der Waals surface area contributed by atoms with Crippen LogP contribution in [0.2, 0.25) is 0 Å². The molecule has 0 fully saturated rings. The van der Waals surface area contributed by atoms with Crippen LogP contribution in [-0.4, -0.2) is 21.7 Å². The van der Waals surface area contributed by atoms with E-state index < -0.39 is 0 Å². The van der Waals surface area contributed by atoms with E-state index in [2.05, 4.69) is 71.5 Å². The number of hydrogen-bond donors (Lipinski definition) is 0. The van der Waals surface area contributed by atoms with Crippen molar-refractivity contribution in [2.45, 2.75) is 52.6 Å². The summed E-state index contributed by atoms with van der Waals surface area (Å²) in [5, 5.41) is 0. The first-order chi connectivity index (χ1) is 18.2. The van der Waals surface area contributed by atoms with Gasteiger partial charge in [-0.25, -0.2) is 0 Å². The molecular formula is C30H30N2O2S3. The van der Waals surface area contributed by atoms with Crippen LogP contribution in [0.25, 0.3) is 42.3 Å². The summed E-state index contributed by atoms with van der Waals surface area (Å²) in [5.74, 6) is 0. The zero-order chi connectivity index (χ0) is 25.8. The summed E-state index contributed by atoms with van der Waals surface area (Å²) in [7, 11) is 0. The van der Waals surface area contributed by atoms with Crippen molar-refractivity contribution < 1.29 is 9.59 Å². The van der Waals surface area contributed by atoms with Gasteiger partial charge < -0.3 is 9.13 Å². The fourth-order valence-corrected chi connectivity index (χ4v) is 7.42. The van der Waals surface area contributed by atoms with Crippen LogP contribution in [0.3, 0.4) is 0 Å². The molecule has 5 rings (SSSR count). The van der Waals surface area contributed by atoms with Gasteiger partial charge >= 0.3 is 0 Å². The van der Waals surface area contributed by atoms with E-state index in [-0.39, 0.29) is 0 Å². The highest BCUT2D eigenvalue weighted by Crippen LogP contribution is 2.40. The number of rotatable bonds is 12. The minimum absolute atomic E-state index is 0.757. The second-order valence-electron chi connectivity index (χ2n) is 9.02. The number of thiophene rings is 3. The molecule has 190 valence electrons. The molecule has 7 heteroatoms. The van der Waals surface area contributed by atoms with Gasteiger partial charge in [0.2, 0.25) is 0 Å². The van der Waals surface area contributed by atoms with Crippen LogP contribution in [-0.2, 0) is 13.1 Å². The van der Waals surface area contributed by atoms with Crippen LogP contribution < -0.4 is 0 Å². The van der Waals surface area contributed by atoms with Crippen molar-refractivity contribution in [3.05, 3.63) is 70.4 Å². The average Bonchev–Trinajstić information content (AvgIpc) is 3.74. The Bertz CT molecular complexity index is 1400. The zero-order valence-electron chi connectivity index (χ0n) is 21.1. The average molecular weight is 547 g/mol. The number of aldehydes is 2. The van der Waals surface area contributed by atoms with Gasteiger partial charge in [0.15, 0.2) is 12.6 Å². The van der Waals surface area contributed by atoms with Crippen LogP contribution >= 0.6 is 34.0 Å². The summed E-state index contributed by atoms with van der Waals surface area (Å²) in [4.78, 5) is 28.8. The van der Waals surface area contributed by atoms with Crippen molar-refractivity contribution in [3.8, 4) is 42.3 Å². The summed E-state index contributed by atoms with van der Waals surface area (Å²) in [6, 6.07) is 21.2. The predicted octanol–water partition coefficient (Wildman–Crippen LogP) is 9.37. The summed E-state index contributed by atoms with van der Waals surface area (Å²) >= 11 is 4.92. The molecule has 0 N–H and O–H groups in total. The third kappa shape index (κ3) is 5.21. The fourth-order valence-electron chi connectivity index (χ4n) is 4.63. The third-order valence-corrected chi connectivity index (χ3v) is 9.73. The number of carbonyl (C=O) groups is 2. The lowest BCUT2D eigenvalue weighted by Crippen LogP contribution is -2.01. The molecule has 0 atom stereocenters. The van der Waals surface area contributed by atoms with E-state index in [1.165, 1.54) is 32.5 Å². The largest absolute Gasteiger partial charge is 0.339 e. The molecule has 0 bridgehead atoms. The highest BCUT2D eigenvalue weighted by molar-refractivity contribution is 7.19. The minimum Gasteiger partial charge on any atom is -0.339 e. The quantitative estimate of drug-likeness (QED) is 0.146. The van der Waals surface area contributed by atoms with Crippen LogP contribution in [0, 0.1) is 0 Å². The van der Waals surface area contributed by atoms with Gasteiger partial charge in [-0.3, -0.25) is 9.59 Å². The van der Waals surface area contributed by atoms with Gasteiger partial charge in [-0.15, -0.1) is 34.0 Å². The fraction of sp³-hybridized carbons (Fsp3) is 0.267. The number of unbranched alkanes of at least 4 members (excludes halogenated alkanes) is 2. The molecule has 0 aliphatic rings. The number of carbonyl (C=O) groups excluding carboxylic acids is 2. The topological polar surface area (TPSA) is 44.0 Å². The first-order valence-electron chi connectivity index (χ1n) is 12.8. The summed E-state index contributed by atoms with van der Waals surface area (Å²) in [6.45, 7) is 6.33. The molecule has 0 spiro atoms. The van der Waals surface area contributed by atoms with Crippen LogP contribution in [0.5, 0.6) is 0 Å². The second kappa shape index (κ2) is 11.6. The van der Waals surface area contributed by atoms with Gasteiger partial charge in [0.25, 0.3) is 0 Å². The number of aromatic nitrogens is 2. The summed E-state index contributed by atoms with van der Waals surface area (Å²) in [6.07, 6.45) is 6.31. The van der Waals surface area contributed by atoms with Gasteiger partial charge in [-0.1, -0.05) is 26.7 Å². The van der Waals surface area contributed by atoms with Crippen molar-refractivity contribution in [2.75, 3.05) is 0 Å². The zero-order valence-corrected chi connectivity index (χ0v) is 23.6. The van der Waals surface area contributed by atoms with Crippen molar-refractivity contribution in [1.29, 1.82) is 0 Å². The lowest BCUT2D eigenvalue weighted by Gasteiger charge is -2.12. The number of hydrogen-bond acceptors (Lipinski definition) is 5. The third-order valence-electron chi connectivity index (χ3n) is 6.53. The highest BCUT2D eigenvalue weighted by atomic mass is 32.1. The van der Waals surface area contributed by atoms with Crippen LogP contribution in [0.1, 0.15) is 58.9 Å². The maximum absolute atomic E-state index is 11.3. The lowest BCUT2D eigenvalue weighted by molar-refractivity contribution is 0.111. The highest BCUT2D eigenvalue weighted by Gasteiger charge is 2.18. The predicted molar refractivity (Wildman–Crippen MR) is 158 cm³/mol. The maximum atomic E-state index is 11.3. The Hall–Kier alpha value is -3.00. The molecule has 0 radical (unpaired) electrons. The van der Waals surface area contributed by atoms with Gasteiger partial charge in [-0.05, 0) is 73.5 Å². The lowest BCUT2D eigenvalue weighted by atomic mass is 10.3. The second-order valence-corrected chi connectivity index (χ2v) is 12.3. The van der Waals surface area contributed by atoms with Gasteiger partial charge in [0.1, 0.15) is 0 Å². The molecule has 0 saturated carbocycles. The Morgan fingerprint density at radius 1 is 0.541 bits per heavy atom. The van der Waals surface area contributed by atoms with E-state index in [0.717, 1.165) is 70.9 Å². The Balaban J connectivity index is 1.53. The molecule has 0 aliphatic carbocycles. The SMILES string of the molecule is CCCCn1c(-c2ccc(C=O)s2)ccc1-c1ccc(-c2ccc(-c3ccc(C=O)s3)n2CCCC)s1. The molecular weight excluding hydrogens is 517 g/mol. The molecule has 0 aliphatic heterocycles. The summed E-state index contributed by atoms with van der Waals surface area (Å²) < 4.78 is 4.82. The first-order valence-corrected chi connectivity index (χ1v) is 15.2. The van der Waals surface area contributed by atoms with Crippen molar-refractivity contribution >= 4 is 46.6 Å². The van der Waals surface area contributed by atoms with E-state index in [4.69, 9.17) is 0 Å². The van der Waals surface area contributed by atoms with Crippen molar-refractivity contribution in [3.63, 3.8) is 0 Å². The Kier molecular flexibility index (Phi) is 8.03. The normalized spacial score (nSPS) is 11.3. The molecule has 0 unspecified atom stereocenters. The molecule has 5 aromatic rings. The molecule has 37 heavy (non-hydrogen) atoms. The van der Waals surface area contributed by atoms with E-state index >= 15 is 0 Å². The van der Waals surface area contributed by atoms with Crippen molar-refractivity contribution in [1.82, 2.24) is 9.13 Å². The minimum atomic E-state index is 0.757. The smallest absolute Gasteiger partial charge is 0.160 e. The molecule has 4 nitrogen and oxygen atoms in total. The van der Waals surface area contributed by atoms with Gasteiger partial charge in [0, 0.05) is 13.1 Å². The Morgan fingerprint density at radius 3 is 1.22 bits per heavy atom. The number of nitrogens with zero attached hydrogens (tertiary/aromatic N) is 2. The van der Waals surface area contributed by atoms with Crippen LogP contribution in [0.15, 0.2) is 60.7 Å².